The molecule has 0 fully saturated rings. The number of fused-ring (bicyclic) bond motifs is 1. The van der Waals surface area contributed by atoms with Gasteiger partial charge in [0.25, 0.3) is 0 Å². The van der Waals surface area contributed by atoms with Crippen LogP contribution in [0.3, 0.4) is 0 Å². The summed E-state index contributed by atoms with van der Waals surface area (Å²) in [5.41, 5.74) is 1.27. The minimum atomic E-state index is -0.309. The molecule has 0 saturated heterocycles. The third kappa shape index (κ3) is 4.13. The molecule has 0 aromatic heterocycles. The van der Waals surface area contributed by atoms with Crippen LogP contribution in [0.4, 0.5) is 4.39 Å². The fraction of sp³-hybridized carbons (Fsp3) is 0.200. The molecule has 0 heterocycles. The van der Waals surface area contributed by atoms with Crippen molar-refractivity contribution in [2.45, 2.75) is 13.0 Å². The Labute approximate surface area is 149 Å². The first-order valence-corrected chi connectivity index (χ1v) is 8.73. The molecule has 1 atom stereocenters. The minimum absolute atomic E-state index is 0.207. The quantitative estimate of drug-likeness (QED) is 0.566. The maximum atomic E-state index is 13.3. The molecule has 0 aliphatic heterocycles. The van der Waals surface area contributed by atoms with Crippen molar-refractivity contribution in [2.24, 2.45) is 0 Å². The van der Waals surface area contributed by atoms with Gasteiger partial charge in [-0.1, -0.05) is 58.4 Å². The first-order chi connectivity index (χ1) is 11.6. The van der Waals surface area contributed by atoms with Crippen LogP contribution >= 0.6 is 15.9 Å². The Morgan fingerprint density at radius 1 is 1.08 bits per heavy atom. The van der Waals surface area contributed by atoms with E-state index in [9.17, 15) is 4.39 Å². The van der Waals surface area contributed by atoms with E-state index in [2.05, 4.69) is 70.6 Å². The van der Waals surface area contributed by atoms with E-state index < -0.39 is 0 Å². The molecular weight excluding hydrogens is 369 g/mol. The van der Waals surface area contributed by atoms with Gasteiger partial charge in [-0.15, -0.1) is 0 Å². The average molecular weight is 388 g/mol. The van der Waals surface area contributed by atoms with Gasteiger partial charge < -0.3 is 10.1 Å². The summed E-state index contributed by atoms with van der Waals surface area (Å²) in [7, 11) is 0. The molecule has 0 spiro atoms. The van der Waals surface area contributed by atoms with Gasteiger partial charge in [0, 0.05) is 23.1 Å². The van der Waals surface area contributed by atoms with Gasteiger partial charge in [0.1, 0.15) is 18.2 Å². The summed E-state index contributed by atoms with van der Waals surface area (Å²) in [6.45, 7) is 3.30. The molecule has 0 bridgehead atoms. The molecule has 124 valence electrons. The standard InChI is InChI=1S/C20H19BrFNO/c1-14(19-8-4-6-15-5-2-3-7-20(15)19)23-9-10-24-18-12-16(21)11-17(22)13-18/h2-8,11-14,23H,9-10H2,1H3. The largest absolute Gasteiger partial charge is 0.492 e. The second-order valence-electron chi connectivity index (χ2n) is 5.70. The molecule has 1 unspecified atom stereocenters. The van der Waals surface area contributed by atoms with E-state index in [0.29, 0.717) is 23.4 Å². The predicted molar refractivity (Wildman–Crippen MR) is 100.0 cm³/mol. The topological polar surface area (TPSA) is 21.3 Å². The Balaban J connectivity index is 1.58. The van der Waals surface area contributed by atoms with Crippen LogP contribution in [0, 0.1) is 5.82 Å². The third-order valence-electron chi connectivity index (χ3n) is 3.95. The summed E-state index contributed by atoms with van der Waals surface area (Å²) in [5.74, 6) is 0.220. The van der Waals surface area contributed by atoms with Crippen molar-refractivity contribution < 1.29 is 9.13 Å². The Morgan fingerprint density at radius 2 is 1.88 bits per heavy atom. The Kier molecular flexibility index (Phi) is 5.48. The summed E-state index contributed by atoms with van der Waals surface area (Å²) < 4.78 is 19.6. The highest BCUT2D eigenvalue weighted by atomic mass is 79.9. The van der Waals surface area contributed by atoms with Crippen LogP contribution in [0.25, 0.3) is 10.8 Å². The fourth-order valence-electron chi connectivity index (χ4n) is 2.79. The van der Waals surface area contributed by atoms with Crippen LogP contribution in [-0.4, -0.2) is 13.2 Å². The van der Waals surface area contributed by atoms with E-state index >= 15 is 0 Å². The van der Waals surface area contributed by atoms with Crippen LogP contribution in [0.15, 0.2) is 65.1 Å². The number of ether oxygens (including phenoxy) is 1. The smallest absolute Gasteiger partial charge is 0.128 e. The molecule has 24 heavy (non-hydrogen) atoms. The molecule has 0 aliphatic carbocycles. The van der Waals surface area contributed by atoms with Gasteiger partial charge >= 0.3 is 0 Å². The summed E-state index contributed by atoms with van der Waals surface area (Å²) in [4.78, 5) is 0. The first kappa shape index (κ1) is 16.9. The third-order valence-corrected chi connectivity index (χ3v) is 4.41. The molecule has 0 saturated carbocycles. The number of hydrogen-bond acceptors (Lipinski definition) is 2. The van der Waals surface area contributed by atoms with Crippen molar-refractivity contribution in [1.29, 1.82) is 0 Å². The zero-order valence-corrected chi connectivity index (χ0v) is 15.0. The first-order valence-electron chi connectivity index (χ1n) is 7.93. The Bertz CT molecular complexity index is 811. The van der Waals surface area contributed by atoms with Gasteiger partial charge in [-0.2, -0.15) is 0 Å². The van der Waals surface area contributed by atoms with E-state index in [1.807, 2.05) is 0 Å². The zero-order valence-electron chi connectivity index (χ0n) is 13.4. The van der Waals surface area contributed by atoms with Gasteiger partial charge in [0.15, 0.2) is 0 Å². The lowest BCUT2D eigenvalue weighted by molar-refractivity contribution is 0.306. The van der Waals surface area contributed by atoms with Crippen molar-refractivity contribution in [3.63, 3.8) is 0 Å². The highest BCUT2D eigenvalue weighted by Crippen LogP contribution is 2.24. The second-order valence-corrected chi connectivity index (χ2v) is 6.61. The number of hydrogen-bond donors (Lipinski definition) is 1. The highest BCUT2D eigenvalue weighted by molar-refractivity contribution is 9.10. The number of halogens is 2. The van der Waals surface area contributed by atoms with Crippen molar-refractivity contribution in [3.8, 4) is 5.75 Å². The van der Waals surface area contributed by atoms with E-state index in [-0.39, 0.29) is 11.9 Å². The summed E-state index contributed by atoms with van der Waals surface area (Å²) >= 11 is 3.26. The molecule has 3 aromatic rings. The lowest BCUT2D eigenvalue weighted by Crippen LogP contribution is -2.24. The second kappa shape index (κ2) is 7.77. The van der Waals surface area contributed by atoms with Crippen LogP contribution in [0.2, 0.25) is 0 Å². The van der Waals surface area contributed by atoms with Gasteiger partial charge in [-0.05, 0) is 35.4 Å². The molecule has 1 N–H and O–H groups in total. The monoisotopic (exact) mass is 387 g/mol. The molecule has 0 radical (unpaired) electrons. The fourth-order valence-corrected chi connectivity index (χ4v) is 3.24. The number of nitrogens with one attached hydrogen (secondary N) is 1. The maximum Gasteiger partial charge on any atom is 0.128 e. The van der Waals surface area contributed by atoms with Crippen molar-refractivity contribution in [2.75, 3.05) is 13.2 Å². The van der Waals surface area contributed by atoms with Gasteiger partial charge in [0.05, 0.1) is 0 Å². The molecule has 3 aromatic carbocycles. The van der Waals surface area contributed by atoms with Gasteiger partial charge in [-0.3, -0.25) is 0 Å². The van der Waals surface area contributed by atoms with Crippen molar-refractivity contribution >= 4 is 26.7 Å². The SMILES string of the molecule is CC(NCCOc1cc(F)cc(Br)c1)c1cccc2ccccc12. The molecule has 0 amide bonds. The lowest BCUT2D eigenvalue weighted by Gasteiger charge is -2.17. The normalized spacial score (nSPS) is 12.3. The molecule has 0 aliphatic rings. The van der Waals surface area contributed by atoms with Gasteiger partial charge in [-0.25, -0.2) is 4.39 Å². The summed E-state index contributed by atoms with van der Waals surface area (Å²) in [6.07, 6.45) is 0. The van der Waals surface area contributed by atoms with Crippen LogP contribution in [0.1, 0.15) is 18.5 Å². The highest BCUT2D eigenvalue weighted by Gasteiger charge is 2.08. The van der Waals surface area contributed by atoms with E-state index in [0.717, 1.165) is 0 Å². The average Bonchev–Trinajstić information content (AvgIpc) is 2.57. The number of benzene rings is 3. The molecule has 3 rings (SSSR count). The van der Waals surface area contributed by atoms with Crippen LogP contribution in [-0.2, 0) is 0 Å². The van der Waals surface area contributed by atoms with Crippen molar-refractivity contribution in [3.05, 3.63) is 76.5 Å². The summed E-state index contributed by atoms with van der Waals surface area (Å²) in [5, 5.41) is 5.96. The van der Waals surface area contributed by atoms with Crippen LogP contribution < -0.4 is 10.1 Å². The lowest BCUT2D eigenvalue weighted by atomic mass is 10.00. The summed E-state index contributed by atoms with van der Waals surface area (Å²) in [6, 6.07) is 19.5. The Hall–Kier alpha value is -1.91. The van der Waals surface area contributed by atoms with Gasteiger partial charge in [0.2, 0.25) is 0 Å². The van der Waals surface area contributed by atoms with E-state index in [1.54, 1.807) is 6.07 Å². The molecular formula is C20H19BrFNO. The predicted octanol–water partition coefficient (Wildman–Crippen LogP) is 5.47. The Morgan fingerprint density at radius 3 is 2.71 bits per heavy atom. The van der Waals surface area contributed by atoms with E-state index in [4.69, 9.17) is 4.74 Å². The minimum Gasteiger partial charge on any atom is -0.492 e. The van der Waals surface area contributed by atoms with E-state index in [1.165, 1.54) is 28.5 Å². The zero-order chi connectivity index (χ0) is 16.9. The van der Waals surface area contributed by atoms with Crippen molar-refractivity contribution in [1.82, 2.24) is 5.32 Å². The maximum absolute atomic E-state index is 13.3. The molecule has 2 nitrogen and oxygen atoms in total. The number of rotatable bonds is 6. The molecule has 4 heteroatoms. The van der Waals surface area contributed by atoms with Crippen LogP contribution in [0.5, 0.6) is 5.75 Å².